The number of benzene rings is 2. The Morgan fingerprint density at radius 1 is 1.12 bits per heavy atom. The number of hydrogen-bond acceptors (Lipinski definition) is 3. The van der Waals surface area contributed by atoms with E-state index in [-0.39, 0.29) is 12.0 Å². The van der Waals surface area contributed by atoms with Crippen molar-refractivity contribution in [3.05, 3.63) is 75.9 Å². The van der Waals surface area contributed by atoms with Crippen molar-refractivity contribution < 1.29 is 14.7 Å². The van der Waals surface area contributed by atoms with Gasteiger partial charge in [-0.1, -0.05) is 47.5 Å². The van der Waals surface area contributed by atoms with Crippen LogP contribution in [0.2, 0.25) is 10.0 Å². The third-order valence-corrected chi connectivity index (χ3v) is 4.48. The molecule has 3 aromatic rings. The standard InChI is InChI=1S/C19H14Cl2N2O3/c20-14-6-5-11(15(21)9-14)8-17(19(25)26)23-18(24)13-7-12-3-1-2-4-16(12)22-10-13/h1-7,9-10,17H,8H2,(H,23,24)(H,25,26)/t17-/m0/s1. The summed E-state index contributed by atoms with van der Waals surface area (Å²) in [6, 6.07) is 12.7. The van der Waals surface area contributed by atoms with Crippen LogP contribution in [0.5, 0.6) is 0 Å². The van der Waals surface area contributed by atoms with Crippen LogP contribution >= 0.6 is 23.2 Å². The SMILES string of the molecule is O=C(N[C@@H](Cc1ccc(Cl)cc1Cl)C(=O)O)c1cnc2ccccc2c1. The zero-order chi connectivity index (χ0) is 18.7. The lowest BCUT2D eigenvalue weighted by Gasteiger charge is -2.15. The van der Waals surface area contributed by atoms with E-state index in [1.165, 1.54) is 12.3 Å². The van der Waals surface area contributed by atoms with E-state index in [1.807, 2.05) is 24.3 Å². The number of fused-ring (bicyclic) bond motifs is 1. The highest BCUT2D eigenvalue weighted by Gasteiger charge is 2.22. The Bertz CT molecular complexity index is 991. The zero-order valence-electron chi connectivity index (χ0n) is 13.4. The normalized spacial score (nSPS) is 11.9. The first-order valence-electron chi connectivity index (χ1n) is 7.76. The van der Waals surface area contributed by atoms with Crippen molar-refractivity contribution in [2.45, 2.75) is 12.5 Å². The quantitative estimate of drug-likeness (QED) is 0.692. The Morgan fingerprint density at radius 3 is 2.62 bits per heavy atom. The van der Waals surface area contributed by atoms with Crippen molar-refractivity contribution in [2.75, 3.05) is 0 Å². The Balaban J connectivity index is 1.80. The van der Waals surface area contributed by atoms with Gasteiger partial charge in [-0.3, -0.25) is 9.78 Å². The predicted octanol–water partition coefficient (Wildman–Crippen LogP) is 3.97. The van der Waals surface area contributed by atoms with Crippen molar-refractivity contribution >= 4 is 46.0 Å². The minimum Gasteiger partial charge on any atom is -0.480 e. The molecule has 3 rings (SSSR count). The Hall–Kier alpha value is -2.63. The summed E-state index contributed by atoms with van der Waals surface area (Å²) in [6.07, 6.45) is 1.46. The van der Waals surface area contributed by atoms with E-state index in [0.717, 1.165) is 10.9 Å². The summed E-state index contributed by atoms with van der Waals surface area (Å²) >= 11 is 11.9. The molecule has 132 valence electrons. The fraction of sp³-hybridized carbons (Fsp3) is 0.105. The van der Waals surface area contributed by atoms with Gasteiger partial charge in [0.05, 0.1) is 11.1 Å². The highest BCUT2D eigenvalue weighted by Crippen LogP contribution is 2.22. The molecule has 26 heavy (non-hydrogen) atoms. The second-order valence-corrected chi connectivity index (χ2v) is 6.56. The van der Waals surface area contributed by atoms with E-state index in [0.29, 0.717) is 15.6 Å². The summed E-state index contributed by atoms with van der Waals surface area (Å²) in [7, 11) is 0. The minimum absolute atomic E-state index is 0.0398. The van der Waals surface area contributed by atoms with E-state index >= 15 is 0 Å². The maximum atomic E-state index is 12.5. The van der Waals surface area contributed by atoms with E-state index < -0.39 is 17.9 Å². The Kier molecular flexibility index (Phi) is 5.40. The minimum atomic E-state index is -1.15. The van der Waals surface area contributed by atoms with Crippen molar-refractivity contribution in [3.8, 4) is 0 Å². The van der Waals surface area contributed by atoms with Gasteiger partial charge in [0.15, 0.2) is 0 Å². The molecule has 0 saturated heterocycles. The molecule has 0 radical (unpaired) electrons. The average molecular weight is 389 g/mol. The van der Waals surface area contributed by atoms with Gasteiger partial charge in [-0.2, -0.15) is 0 Å². The molecule has 0 bridgehead atoms. The predicted molar refractivity (Wildman–Crippen MR) is 101 cm³/mol. The van der Waals surface area contributed by atoms with Gasteiger partial charge in [0.1, 0.15) is 6.04 Å². The highest BCUT2D eigenvalue weighted by atomic mass is 35.5. The summed E-state index contributed by atoms with van der Waals surface area (Å²) in [5.41, 5.74) is 1.63. The molecule has 0 aliphatic carbocycles. The zero-order valence-corrected chi connectivity index (χ0v) is 15.0. The van der Waals surface area contributed by atoms with Crippen LogP contribution in [0.15, 0.2) is 54.7 Å². The van der Waals surface area contributed by atoms with Crippen LogP contribution in [0.3, 0.4) is 0 Å². The fourth-order valence-corrected chi connectivity index (χ4v) is 3.03. The van der Waals surface area contributed by atoms with Gasteiger partial charge in [0.2, 0.25) is 0 Å². The number of pyridine rings is 1. The highest BCUT2D eigenvalue weighted by molar-refractivity contribution is 6.35. The number of carbonyl (C=O) groups is 2. The number of para-hydroxylation sites is 1. The molecule has 0 spiro atoms. The van der Waals surface area contributed by atoms with Gasteiger partial charge in [-0.25, -0.2) is 4.79 Å². The molecule has 1 atom stereocenters. The third kappa shape index (κ3) is 4.12. The maximum absolute atomic E-state index is 12.5. The van der Waals surface area contributed by atoms with E-state index in [2.05, 4.69) is 10.3 Å². The molecular weight excluding hydrogens is 375 g/mol. The number of carboxylic acids is 1. The van der Waals surface area contributed by atoms with E-state index in [9.17, 15) is 14.7 Å². The average Bonchev–Trinajstić information content (AvgIpc) is 2.62. The summed E-state index contributed by atoms with van der Waals surface area (Å²) < 4.78 is 0. The van der Waals surface area contributed by atoms with E-state index in [1.54, 1.807) is 18.2 Å². The van der Waals surface area contributed by atoms with Crippen molar-refractivity contribution in [2.24, 2.45) is 0 Å². The van der Waals surface area contributed by atoms with Crippen LogP contribution in [0.1, 0.15) is 15.9 Å². The Morgan fingerprint density at radius 2 is 1.88 bits per heavy atom. The molecule has 5 nitrogen and oxygen atoms in total. The number of aliphatic carboxylic acids is 1. The summed E-state index contributed by atoms with van der Waals surface area (Å²) in [5.74, 6) is -1.67. The molecule has 2 aromatic carbocycles. The van der Waals surface area contributed by atoms with Gasteiger partial charge in [0, 0.05) is 28.0 Å². The number of hydrogen-bond donors (Lipinski definition) is 2. The lowest BCUT2D eigenvalue weighted by atomic mass is 10.1. The molecule has 2 N–H and O–H groups in total. The first-order chi connectivity index (χ1) is 12.4. The van der Waals surface area contributed by atoms with Crippen LogP contribution < -0.4 is 5.32 Å². The number of rotatable bonds is 5. The number of aromatic nitrogens is 1. The van der Waals surface area contributed by atoms with Gasteiger partial charge in [-0.05, 0) is 29.8 Å². The van der Waals surface area contributed by atoms with Gasteiger partial charge >= 0.3 is 5.97 Å². The second-order valence-electron chi connectivity index (χ2n) is 5.72. The fourth-order valence-electron chi connectivity index (χ4n) is 2.54. The molecule has 0 fully saturated rings. The first kappa shape index (κ1) is 18.2. The van der Waals surface area contributed by atoms with Gasteiger partial charge in [0.25, 0.3) is 5.91 Å². The Labute approximate surface area is 159 Å². The number of halogens is 2. The van der Waals surface area contributed by atoms with E-state index in [4.69, 9.17) is 23.2 Å². The topological polar surface area (TPSA) is 79.3 Å². The maximum Gasteiger partial charge on any atom is 0.326 e. The molecule has 1 amide bonds. The van der Waals surface area contributed by atoms with Crippen LogP contribution in [-0.4, -0.2) is 28.0 Å². The number of amides is 1. The lowest BCUT2D eigenvalue weighted by Crippen LogP contribution is -2.42. The van der Waals surface area contributed by atoms with Gasteiger partial charge < -0.3 is 10.4 Å². The number of nitrogens with one attached hydrogen (secondary N) is 1. The van der Waals surface area contributed by atoms with Crippen molar-refractivity contribution in [3.63, 3.8) is 0 Å². The smallest absolute Gasteiger partial charge is 0.326 e. The van der Waals surface area contributed by atoms with Gasteiger partial charge in [-0.15, -0.1) is 0 Å². The molecule has 7 heteroatoms. The third-order valence-electron chi connectivity index (χ3n) is 3.90. The largest absolute Gasteiger partial charge is 0.480 e. The lowest BCUT2D eigenvalue weighted by molar-refractivity contribution is -0.139. The summed E-state index contributed by atoms with van der Waals surface area (Å²) in [4.78, 5) is 28.2. The van der Waals surface area contributed by atoms with Crippen LogP contribution in [-0.2, 0) is 11.2 Å². The molecule has 0 unspecified atom stereocenters. The molecule has 1 aromatic heterocycles. The number of nitrogens with zero attached hydrogens (tertiary/aromatic N) is 1. The monoisotopic (exact) mass is 388 g/mol. The van der Waals surface area contributed by atoms with Crippen molar-refractivity contribution in [1.82, 2.24) is 10.3 Å². The van der Waals surface area contributed by atoms with Crippen molar-refractivity contribution in [1.29, 1.82) is 0 Å². The van der Waals surface area contributed by atoms with Crippen LogP contribution in [0, 0.1) is 0 Å². The van der Waals surface area contributed by atoms with Crippen LogP contribution in [0.4, 0.5) is 0 Å². The van der Waals surface area contributed by atoms with Crippen LogP contribution in [0.25, 0.3) is 10.9 Å². The first-order valence-corrected chi connectivity index (χ1v) is 8.52. The number of carbonyl (C=O) groups excluding carboxylic acids is 1. The number of carboxylic acid groups (broad SMARTS) is 1. The molecule has 1 heterocycles. The molecule has 0 saturated carbocycles. The molecular formula is C19H14Cl2N2O3. The molecule has 0 aliphatic heterocycles. The summed E-state index contributed by atoms with van der Waals surface area (Å²) in [5, 5.41) is 13.6. The summed E-state index contributed by atoms with van der Waals surface area (Å²) in [6.45, 7) is 0. The molecule has 0 aliphatic rings. The second kappa shape index (κ2) is 7.72.